The molecule has 22 heteroatoms. The number of likely N-dealkylation sites (N-methyl/N-ethyl adjacent to an activating group) is 6. The third-order valence-electron chi connectivity index (χ3n) is 8.39. The first-order valence-electron chi connectivity index (χ1n) is 21.2. The molecule has 10 amide bonds. The van der Waals surface area contributed by atoms with Gasteiger partial charge in [0.2, 0.25) is 59.1 Å². The number of nitrogens with one attached hydrogen (secondary N) is 3. The predicted octanol–water partition coefficient (Wildman–Crippen LogP) is -0.755. The molecule has 0 aliphatic rings. The Hall–Kier alpha value is -5.83. The Morgan fingerprint density at radius 3 is 0.968 bits per heavy atom. The van der Waals surface area contributed by atoms with Crippen molar-refractivity contribution in [2.24, 2.45) is 5.73 Å². The summed E-state index contributed by atoms with van der Waals surface area (Å²) >= 11 is 0. The number of nitrogens with two attached hydrogens (primary N) is 1. The monoisotopic (exact) mass is 903 g/mol. The highest BCUT2D eigenvalue weighted by Crippen LogP contribution is 1.98. The first-order chi connectivity index (χ1) is 29.5. The van der Waals surface area contributed by atoms with E-state index in [2.05, 4.69) is 43.6 Å². The van der Waals surface area contributed by atoms with E-state index >= 15 is 0 Å². The van der Waals surface area contributed by atoms with Crippen molar-refractivity contribution in [2.45, 2.75) is 99.3 Å². The predicted molar refractivity (Wildman–Crippen MR) is 237 cm³/mol. The summed E-state index contributed by atoms with van der Waals surface area (Å²) in [5, 5.41) is 15.5. The summed E-state index contributed by atoms with van der Waals surface area (Å²) in [5.41, 5.74) is 4.94. The summed E-state index contributed by atoms with van der Waals surface area (Å²) in [7, 11) is 7.86. The molecular formula is C41H78N10O12. The van der Waals surface area contributed by atoms with Gasteiger partial charge in [0, 0.05) is 55.1 Å². The number of carbonyl (C=O) groups excluding carboxylic acids is 10. The molecule has 22 nitrogen and oxygen atoms in total. The van der Waals surface area contributed by atoms with Crippen LogP contribution in [-0.4, -0.2) is 201 Å². The maximum atomic E-state index is 12.6. The summed E-state index contributed by atoms with van der Waals surface area (Å²) < 4.78 is 0. The Balaban J connectivity index is -0.00000127. The fourth-order valence-corrected chi connectivity index (χ4v) is 4.16. The minimum Gasteiger partial charge on any atom is -0.481 e. The van der Waals surface area contributed by atoms with Gasteiger partial charge in [-0.15, -0.1) is 0 Å². The largest absolute Gasteiger partial charge is 0.481 e. The van der Waals surface area contributed by atoms with Crippen LogP contribution in [0.5, 0.6) is 0 Å². The first kappa shape index (κ1) is 63.8. The van der Waals surface area contributed by atoms with Crippen LogP contribution >= 0.6 is 0 Å². The van der Waals surface area contributed by atoms with Gasteiger partial charge in [0.15, 0.2) is 0 Å². The van der Waals surface area contributed by atoms with Gasteiger partial charge in [0.05, 0.1) is 58.9 Å². The molecule has 0 atom stereocenters. The summed E-state index contributed by atoms with van der Waals surface area (Å²) in [6.07, 6.45) is 8.01. The van der Waals surface area contributed by atoms with Gasteiger partial charge in [-0.3, -0.25) is 52.7 Å². The maximum absolute atomic E-state index is 12.6. The molecule has 0 saturated heterocycles. The van der Waals surface area contributed by atoms with Crippen molar-refractivity contribution in [3.8, 4) is 0 Å². The topological polar surface area (TPSA) is 290 Å². The minimum absolute atomic E-state index is 0.0806. The molecule has 0 aromatic rings. The van der Waals surface area contributed by atoms with Gasteiger partial charge in [0.1, 0.15) is 0 Å². The van der Waals surface area contributed by atoms with Gasteiger partial charge in [0.25, 0.3) is 0 Å². The van der Waals surface area contributed by atoms with Crippen LogP contribution in [0.4, 0.5) is 0 Å². The molecule has 0 heterocycles. The molecule has 0 rings (SSSR count). The van der Waals surface area contributed by atoms with E-state index in [4.69, 9.17) is 10.8 Å². The summed E-state index contributed by atoms with van der Waals surface area (Å²) in [5.74, 6) is -7.38. The summed E-state index contributed by atoms with van der Waals surface area (Å²) in [6.45, 7) is 8.94. The molecule has 0 aliphatic carbocycles. The van der Waals surface area contributed by atoms with Gasteiger partial charge in [-0.05, 0) is 6.42 Å². The number of nitrogens with zero attached hydrogens (tertiary/aromatic N) is 6. The van der Waals surface area contributed by atoms with Crippen LogP contribution in [-0.2, 0) is 52.7 Å². The van der Waals surface area contributed by atoms with Crippen LogP contribution in [0, 0.1) is 0 Å². The number of hydrogen-bond donors (Lipinski definition) is 5. The van der Waals surface area contributed by atoms with Gasteiger partial charge < -0.3 is 56.2 Å². The van der Waals surface area contributed by atoms with Crippen LogP contribution in [0.2, 0.25) is 0 Å². The lowest BCUT2D eigenvalue weighted by Crippen LogP contribution is -2.49. The molecule has 0 aliphatic heterocycles. The SMILES string of the molecule is CC.CCCC.CCCCCC.CN(CC(=O)NCC(N)=O)C(=O)CN(C)C(=O)CN(C)C(=O)CNC(=O)CN(C)C(=O)CN(C)C(=O)CN(C)C(=O)CNC(=O)CCCC(=O)O. The number of carbonyl (C=O) groups is 11. The van der Waals surface area contributed by atoms with Crippen molar-refractivity contribution >= 4 is 65.0 Å². The average molecular weight is 903 g/mol. The number of carboxylic acids is 1. The quantitative estimate of drug-likeness (QED) is 0.0671. The molecule has 63 heavy (non-hydrogen) atoms. The van der Waals surface area contributed by atoms with Crippen molar-refractivity contribution in [1.82, 2.24) is 45.3 Å². The Labute approximate surface area is 373 Å². The van der Waals surface area contributed by atoms with Crippen molar-refractivity contribution in [3.05, 3.63) is 0 Å². The van der Waals surface area contributed by atoms with E-state index in [1.165, 1.54) is 80.8 Å². The molecule has 364 valence electrons. The van der Waals surface area contributed by atoms with Crippen LogP contribution in [0.25, 0.3) is 0 Å². The van der Waals surface area contributed by atoms with Crippen molar-refractivity contribution in [1.29, 1.82) is 0 Å². The fraction of sp³-hybridized carbons (Fsp3) is 0.732. The number of carboxylic acid groups (broad SMARTS) is 1. The molecule has 0 radical (unpaired) electrons. The van der Waals surface area contributed by atoms with E-state index in [0.717, 1.165) is 29.4 Å². The van der Waals surface area contributed by atoms with E-state index in [0.29, 0.717) is 0 Å². The van der Waals surface area contributed by atoms with Crippen molar-refractivity contribution in [3.63, 3.8) is 0 Å². The molecule has 6 N–H and O–H groups in total. The zero-order valence-electron chi connectivity index (χ0n) is 39.9. The molecule has 0 saturated carbocycles. The van der Waals surface area contributed by atoms with Crippen LogP contribution < -0.4 is 21.7 Å². The number of amides is 10. The second-order valence-corrected chi connectivity index (χ2v) is 14.2. The number of hydrogen-bond acceptors (Lipinski definition) is 11. The zero-order valence-corrected chi connectivity index (χ0v) is 39.9. The van der Waals surface area contributed by atoms with E-state index in [-0.39, 0.29) is 25.8 Å². The Morgan fingerprint density at radius 1 is 0.397 bits per heavy atom. The van der Waals surface area contributed by atoms with Crippen LogP contribution in [0.3, 0.4) is 0 Å². The molecule has 0 bridgehead atoms. The highest BCUT2D eigenvalue weighted by molar-refractivity contribution is 5.93. The van der Waals surface area contributed by atoms with E-state index in [9.17, 15) is 52.7 Å². The second-order valence-electron chi connectivity index (χ2n) is 14.2. The lowest BCUT2D eigenvalue weighted by molar-refractivity contribution is -0.143. The number of rotatable bonds is 26. The second kappa shape index (κ2) is 39.0. The van der Waals surface area contributed by atoms with E-state index in [1.807, 2.05) is 13.8 Å². The molecule has 0 aromatic heterocycles. The Morgan fingerprint density at radius 2 is 0.683 bits per heavy atom. The maximum Gasteiger partial charge on any atom is 0.303 e. The van der Waals surface area contributed by atoms with Gasteiger partial charge in [-0.2, -0.15) is 0 Å². The average Bonchev–Trinajstić information content (AvgIpc) is 3.23. The van der Waals surface area contributed by atoms with Crippen molar-refractivity contribution in [2.75, 3.05) is 101 Å². The Bertz CT molecular complexity index is 1440. The Kier molecular flexibility index (Phi) is 39.5. The van der Waals surface area contributed by atoms with Gasteiger partial charge in [-0.25, -0.2) is 0 Å². The molecular weight excluding hydrogens is 825 g/mol. The molecule has 0 spiro atoms. The molecule has 0 fully saturated rings. The number of aliphatic carboxylic acids is 1. The van der Waals surface area contributed by atoms with Crippen molar-refractivity contribution < 1.29 is 57.8 Å². The van der Waals surface area contributed by atoms with E-state index in [1.54, 1.807) is 0 Å². The number of primary amides is 1. The summed E-state index contributed by atoms with van der Waals surface area (Å²) in [6, 6.07) is 0. The van der Waals surface area contributed by atoms with E-state index < -0.39 is 117 Å². The van der Waals surface area contributed by atoms with Gasteiger partial charge in [-0.1, -0.05) is 80.1 Å². The number of unbranched alkanes of at least 4 members (excludes halogenated alkanes) is 4. The smallest absolute Gasteiger partial charge is 0.303 e. The highest BCUT2D eigenvalue weighted by atomic mass is 16.4. The normalized spacial score (nSPS) is 9.65. The lowest BCUT2D eigenvalue weighted by Gasteiger charge is -2.25. The fourth-order valence-electron chi connectivity index (χ4n) is 4.16. The van der Waals surface area contributed by atoms with Gasteiger partial charge >= 0.3 is 5.97 Å². The lowest BCUT2D eigenvalue weighted by atomic mass is 10.2. The molecule has 0 aromatic carbocycles. The zero-order chi connectivity index (χ0) is 49.7. The molecule has 0 unspecified atom stereocenters. The van der Waals surface area contributed by atoms with Crippen LogP contribution in [0.1, 0.15) is 99.3 Å². The third kappa shape index (κ3) is 36.5. The standard InChI is InChI=1S/C29H48N10O12.C6H14.C4H10.C2H6/c1-34(13-21(42)31-10-19(30)40)25(46)17-38(5)28(49)16-37(4)24(45)12-33-22(43)14-35(2)26(47)18-39(6)27(48)15-36(3)23(44)11-32-20(41)8-7-9-29(50)51;1-3-5-6-4-2;1-3-4-2;1-2/h7-18H2,1-6H3,(H2,30,40)(H,31,42)(H,32,41)(H,33,43)(H,50,51);3-6H2,1-2H3;3-4H2,1-2H3;1-2H3. The highest BCUT2D eigenvalue weighted by Gasteiger charge is 2.23. The summed E-state index contributed by atoms with van der Waals surface area (Å²) in [4.78, 5) is 138. The van der Waals surface area contributed by atoms with Crippen LogP contribution in [0.15, 0.2) is 0 Å². The minimum atomic E-state index is -1.05. The third-order valence-corrected chi connectivity index (χ3v) is 8.39. The first-order valence-corrected chi connectivity index (χ1v) is 21.2.